The average molecular weight is 231 g/mol. The molecule has 2 rings (SSSR count). The molecule has 1 fully saturated rings. The minimum absolute atomic E-state index is 0.663. The zero-order chi connectivity index (χ0) is 12.3. The van der Waals surface area contributed by atoms with E-state index in [2.05, 4.69) is 56.4 Å². The number of rotatable bonds is 6. The molecule has 1 aliphatic rings. The number of hydrogen-bond acceptors (Lipinski definition) is 1. The first kappa shape index (κ1) is 12.6. The van der Waals surface area contributed by atoms with Gasteiger partial charge in [-0.3, -0.25) is 0 Å². The molecule has 17 heavy (non-hydrogen) atoms. The molecule has 0 amide bonds. The van der Waals surface area contributed by atoms with Crippen molar-refractivity contribution in [2.24, 2.45) is 5.92 Å². The van der Waals surface area contributed by atoms with E-state index >= 15 is 0 Å². The van der Waals surface area contributed by atoms with Crippen molar-refractivity contribution in [3.63, 3.8) is 0 Å². The summed E-state index contributed by atoms with van der Waals surface area (Å²) in [5, 5.41) is 3.76. The minimum Gasteiger partial charge on any atom is -0.311 e. The molecule has 1 aromatic carbocycles. The Labute approximate surface area is 106 Å². The molecule has 0 heterocycles. The van der Waals surface area contributed by atoms with Crippen molar-refractivity contribution in [2.75, 3.05) is 0 Å². The van der Waals surface area contributed by atoms with Gasteiger partial charge in [-0.2, -0.15) is 0 Å². The summed E-state index contributed by atoms with van der Waals surface area (Å²) < 4.78 is 0. The van der Waals surface area contributed by atoms with Gasteiger partial charge in [0.25, 0.3) is 0 Å². The molecular weight excluding hydrogens is 206 g/mol. The van der Waals surface area contributed by atoms with E-state index < -0.39 is 0 Å². The van der Waals surface area contributed by atoms with Crippen LogP contribution in [0.5, 0.6) is 0 Å². The molecule has 1 nitrogen and oxygen atoms in total. The van der Waals surface area contributed by atoms with Crippen molar-refractivity contribution in [3.05, 3.63) is 35.9 Å². The van der Waals surface area contributed by atoms with Crippen LogP contribution in [0.25, 0.3) is 0 Å². The summed E-state index contributed by atoms with van der Waals surface area (Å²) in [5.74, 6) is 1.58. The van der Waals surface area contributed by atoms with Crippen molar-refractivity contribution in [3.8, 4) is 0 Å². The van der Waals surface area contributed by atoms with E-state index in [-0.39, 0.29) is 0 Å². The molecule has 3 atom stereocenters. The SMILES string of the molecule is CC(C)CCC(C)NC1CC1c1ccccc1. The fourth-order valence-corrected chi connectivity index (χ4v) is 2.48. The van der Waals surface area contributed by atoms with Gasteiger partial charge >= 0.3 is 0 Å². The molecule has 0 radical (unpaired) electrons. The highest BCUT2D eigenvalue weighted by Crippen LogP contribution is 2.40. The van der Waals surface area contributed by atoms with Gasteiger partial charge in [0.2, 0.25) is 0 Å². The molecule has 1 aliphatic carbocycles. The Morgan fingerprint density at radius 1 is 1.12 bits per heavy atom. The van der Waals surface area contributed by atoms with Crippen LogP contribution in [0.1, 0.15) is 51.5 Å². The second-order valence-electron chi connectivity index (χ2n) is 5.90. The third-order valence-corrected chi connectivity index (χ3v) is 3.69. The van der Waals surface area contributed by atoms with Gasteiger partial charge in [-0.25, -0.2) is 0 Å². The molecule has 0 spiro atoms. The molecule has 0 aromatic heterocycles. The molecule has 1 aromatic rings. The lowest BCUT2D eigenvalue weighted by atomic mass is 10.0. The Balaban J connectivity index is 1.73. The first-order valence-corrected chi connectivity index (χ1v) is 6.98. The maximum Gasteiger partial charge on any atom is 0.0145 e. The number of hydrogen-bond donors (Lipinski definition) is 1. The van der Waals surface area contributed by atoms with Crippen molar-refractivity contribution in [2.45, 2.75) is 58.0 Å². The predicted octanol–water partition coefficient (Wildman–Crippen LogP) is 3.96. The average Bonchev–Trinajstić information content (AvgIpc) is 3.07. The lowest BCUT2D eigenvalue weighted by molar-refractivity contribution is 0.447. The molecule has 94 valence electrons. The number of nitrogens with one attached hydrogen (secondary N) is 1. The van der Waals surface area contributed by atoms with E-state index in [9.17, 15) is 0 Å². The summed E-state index contributed by atoms with van der Waals surface area (Å²) in [6.45, 7) is 6.93. The smallest absolute Gasteiger partial charge is 0.0145 e. The summed E-state index contributed by atoms with van der Waals surface area (Å²) in [5.41, 5.74) is 1.50. The maximum atomic E-state index is 3.76. The van der Waals surface area contributed by atoms with Gasteiger partial charge in [0, 0.05) is 18.0 Å². The quantitative estimate of drug-likeness (QED) is 0.781. The van der Waals surface area contributed by atoms with Gasteiger partial charge in [0.05, 0.1) is 0 Å². The van der Waals surface area contributed by atoms with Gasteiger partial charge < -0.3 is 5.32 Å². The summed E-state index contributed by atoms with van der Waals surface area (Å²) in [6, 6.07) is 12.3. The molecule has 1 N–H and O–H groups in total. The summed E-state index contributed by atoms with van der Waals surface area (Å²) in [6.07, 6.45) is 3.95. The highest BCUT2D eigenvalue weighted by Gasteiger charge is 2.38. The van der Waals surface area contributed by atoms with Crippen LogP contribution in [-0.2, 0) is 0 Å². The van der Waals surface area contributed by atoms with E-state index in [4.69, 9.17) is 0 Å². The van der Waals surface area contributed by atoms with Gasteiger partial charge in [-0.05, 0) is 37.7 Å². The largest absolute Gasteiger partial charge is 0.311 e. The van der Waals surface area contributed by atoms with Crippen LogP contribution >= 0.6 is 0 Å². The standard InChI is InChI=1S/C16H25N/c1-12(2)9-10-13(3)17-16-11-15(16)14-7-5-4-6-8-14/h4-8,12-13,15-17H,9-11H2,1-3H3. The monoisotopic (exact) mass is 231 g/mol. The molecular formula is C16H25N. The van der Waals surface area contributed by atoms with Gasteiger partial charge in [0.1, 0.15) is 0 Å². The second-order valence-corrected chi connectivity index (χ2v) is 5.90. The summed E-state index contributed by atoms with van der Waals surface area (Å²) in [7, 11) is 0. The highest BCUT2D eigenvalue weighted by molar-refractivity contribution is 5.27. The fraction of sp³-hybridized carbons (Fsp3) is 0.625. The van der Waals surface area contributed by atoms with Crippen molar-refractivity contribution >= 4 is 0 Å². The van der Waals surface area contributed by atoms with Crippen LogP contribution in [0.3, 0.4) is 0 Å². The Bertz CT molecular complexity index is 331. The summed E-state index contributed by atoms with van der Waals surface area (Å²) >= 11 is 0. The summed E-state index contributed by atoms with van der Waals surface area (Å²) in [4.78, 5) is 0. The first-order valence-electron chi connectivity index (χ1n) is 6.98. The molecule has 0 aliphatic heterocycles. The molecule has 1 saturated carbocycles. The van der Waals surface area contributed by atoms with Gasteiger partial charge in [-0.1, -0.05) is 44.2 Å². The van der Waals surface area contributed by atoms with Crippen LogP contribution < -0.4 is 5.32 Å². The van der Waals surface area contributed by atoms with Crippen molar-refractivity contribution < 1.29 is 0 Å². The zero-order valence-electron chi connectivity index (χ0n) is 11.3. The maximum absolute atomic E-state index is 3.76. The Morgan fingerprint density at radius 3 is 2.47 bits per heavy atom. The first-order chi connectivity index (χ1) is 8.16. The van der Waals surface area contributed by atoms with Crippen LogP contribution in [-0.4, -0.2) is 12.1 Å². The Hall–Kier alpha value is -0.820. The van der Waals surface area contributed by atoms with Crippen molar-refractivity contribution in [1.29, 1.82) is 0 Å². The van der Waals surface area contributed by atoms with Crippen LogP contribution in [0, 0.1) is 5.92 Å². The van der Waals surface area contributed by atoms with E-state index in [1.165, 1.54) is 24.8 Å². The third kappa shape index (κ3) is 3.85. The topological polar surface area (TPSA) is 12.0 Å². The number of benzene rings is 1. The predicted molar refractivity (Wildman–Crippen MR) is 74.3 cm³/mol. The Kier molecular flexibility index (Phi) is 4.22. The van der Waals surface area contributed by atoms with Crippen molar-refractivity contribution in [1.82, 2.24) is 5.32 Å². The van der Waals surface area contributed by atoms with Gasteiger partial charge in [0.15, 0.2) is 0 Å². The zero-order valence-corrected chi connectivity index (χ0v) is 11.3. The molecule has 0 bridgehead atoms. The highest BCUT2D eigenvalue weighted by atomic mass is 15.0. The van der Waals surface area contributed by atoms with Crippen LogP contribution in [0.2, 0.25) is 0 Å². The lowest BCUT2D eigenvalue weighted by Gasteiger charge is -2.15. The van der Waals surface area contributed by atoms with Crippen LogP contribution in [0.4, 0.5) is 0 Å². The minimum atomic E-state index is 0.663. The van der Waals surface area contributed by atoms with E-state index in [0.717, 1.165) is 17.9 Å². The van der Waals surface area contributed by atoms with E-state index in [1.807, 2.05) is 0 Å². The van der Waals surface area contributed by atoms with E-state index in [0.29, 0.717) is 6.04 Å². The van der Waals surface area contributed by atoms with Crippen LogP contribution in [0.15, 0.2) is 30.3 Å². The fourth-order valence-electron chi connectivity index (χ4n) is 2.48. The van der Waals surface area contributed by atoms with E-state index in [1.54, 1.807) is 0 Å². The molecule has 1 heteroatoms. The normalized spacial score (nSPS) is 24.9. The van der Waals surface area contributed by atoms with Gasteiger partial charge in [-0.15, -0.1) is 0 Å². The lowest BCUT2D eigenvalue weighted by Crippen LogP contribution is -2.29. The Morgan fingerprint density at radius 2 is 1.82 bits per heavy atom. The molecule has 3 unspecified atom stereocenters. The third-order valence-electron chi connectivity index (χ3n) is 3.69. The second kappa shape index (κ2) is 5.68. The molecule has 0 saturated heterocycles.